The van der Waals surface area contributed by atoms with Gasteiger partial charge in [-0.05, 0) is 43.5 Å². The van der Waals surface area contributed by atoms with Crippen LogP contribution in [0.1, 0.15) is 29.1 Å². The molecule has 0 atom stereocenters. The Morgan fingerprint density at radius 3 is 2.73 bits per heavy atom. The number of aromatic nitrogens is 1. The summed E-state index contributed by atoms with van der Waals surface area (Å²) in [6, 6.07) is 6.62. The van der Waals surface area contributed by atoms with Gasteiger partial charge in [-0.15, -0.1) is 11.3 Å². The minimum atomic E-state index is -0.258. The molecule has 0 saturated heterocycles. The van der Waals surface area contributed by atoms with Gasteiger partial charge in [-0.1, -0.05) is 12.1 Å². The number of aryl methyl sites for hydroxylation is 1. The van der Waals surface area contributed by atoms with E-state index < -0.39 is 0 Å². The lowest BCUT2D eigenvalue weighted by molar-refractivity contribution is -0.127. The van der Waals surface area contributed by atoms with Crippen LogP contribution in [0.3, 0.4) is 0 Å². The molecule has 1 aromatic carbocycles. The zero-order valence-electron chi connectivity index (χ0n) is 12.3. The first-order valence-corrected chi connectivity index (χ1v) is 8.15. The molecule has 22 heavy (non-hydrogen) atoms. The summed E-state index contributed by atoms with van der Waals surface area (Å²) < 4.78 is 13.0. The second-order valence-corrected chi connectivity index (χ2v) is 6.51. The van der Waals surface area contributed by atoms with Crippen molar-refractivity contribution in [3.05, 3.63) is 57.8 Å². The second-order valence-electron chi connectivity index (χ2n) is 5.45. The molecule has 1 saturated carbocycles. The molecule has 3 rings (SSSR count). The smallest absolute Gasteiger partial charge is 0.247 e. The van der Waals surface area contributed by atoms with E-state index in [-0.39, 0.29) is 11.7 Å². The number of nitrogens with zero attached hydrogens (tertiary/aromatic N) is 2. The van der Waals surface area contributed by atoms with Crippen LogP contribution in [0.15, 0.2) is 35.7 Å². The third kappa shape index (κ3) is 3.80. The first-order valence-electron chi connectivity index (χ1n) is 7.27. The van der Waals surface area contributed by atoms with E-state index in [0.29, 0.717) is 12.6 Å². The van der Waals surface area contributed by atoms with Gasteiger partial charge in [-0.3, -0.25) is 4.79 Å². The number of benzene rings is 1. The van der Waals surface area contributed by atoms with Crippen LogP contribution in [-0.2, 0) is 11.3 Å². The topological polar surface area (TPSA) is 33.2 Å². The van der Waals surface area contributed by atoms with E-state index in [2.05, 4.69) is 4.98 Å². The van der Waals surface area contributed by atoms with E-state index in [1.54, 1.807) is 35.6 Å². The predicted molar refractivity (Wildman–Crippen MR) is 85.9 cm³/mol. The monoisotopic (exact) mass is 316 g/mol. The highest BCUT2D eigenvalue weighted by atomic mass is 32.1. The fraction of sp³-hybridized carbons (Fsp3) is 0.294. The number of amides is 1. The summed E-state index contributed by atoms with van der Waals surface area (Å²) >= 11 is 1.56. The van der Waals surface area contributed by atoms with Crippen LogP contribution >= 0.6 is 11.3 Å². The highest BCUT2D eigenvalue weighted by molar-refractivity contribution is 7.09. The van der Waals surface area contributed by atoms with E-state index >= 15 is 0 Å². The molecule has 5 heteroatoms. The van der Waals surface area contributed by atoms with Crippen molar-refractivity contribution in [2.75, 3.05) is 0 Å². The van der Waals surface area contributed by atoms with Crippen molar-refractivity contribution < 1.29 is 9.18 Å². The Hall–Kier alpha value is -2.01. The largest absolute Gasteiger partial charge is 0.332 e. The Balaban J connectivity index is 1.69. The second kappa shape index (κ2) is 6.40. The summed E-state index contributed by atoms with van der Waals surface area (Å²) in [7, 11) is 0. The number of carbonyl (C=O) groups is 1. The molecular formula is C17H17FN2OS. The Morgan fingerprint density at radius 2 is 2.14 bits per heavy atom. The highest BCUT2D eigenvalue weighted by Gasteiger charge is 2.31. The molecule has 1 aliphatic carbocycles. The zero-order valence-corrected chi connectivity index (χ0v) is 13.1. The molecule has 114 valence electrons. The fourth-order valence-electron chi connectivity index (χ4n) is 2.27. The molecule has 3 nitrogen and oxygen atoms in total. The van der Waals surface area contributed by atoms with E-state index in [1.807, 2.05) is 17.2 Å². The third-order valence-corrected chi connectivity index (χ3v) is 4.36. The SMILES string of the molecule is Cc1nc(/C=C/C(=O)N(Cc2ccc(F)cc2)C2CC2)cs1. The van der Waals surface area contributed by atoms with Gasteiger partial charge >= 0.3 is 0 Å². The lowest BCUT2D eigenvalue weighted by atomic mass is 10.2. The number of rotatable bonds is 5. The molecule has 0 unspecified atom stereocenters. The molecule has 0 N–H and O–H groups in total. The normalized spacial score (nSPS) is 14.5. The molecule has 0 bridgehead atoms. The molecular weight excluding hydrogens is 299 g/mol. The first kappa shape index (κ1) is 14.9. The van der Waals surface area contributed by atoms with Crippen LogP contribution in [0, 0.1) is 12.7 Å². The highest BCUT2D eigenvalue weighted by Crippen LogP contribution is 2.28. The van der Waals surface area contributed by atoms with Crippen molar-refractivity contribution in [3.8, 4) is 0 Å². The van der Waals surface area contributed by atoms with Crippen LogP contribution in [0.4, 0.5) is 4.39 Å². The summed E-state index contributed by atoms with van der Waals surface area (Å²) in [6.45, 7) is 2.46. The minimum absolute atomic E-state index is 0.0162. The number of carbonyl (C=O) groups excluding carboxylic acids is 1. The average Bonchev–Trinajstić information content (AvgIpc) is 3.26. The lowest BCUT2D eigenvalue weighted by Crippen LogP contribution is -2.31. The molecule has 1 aliphatic rings. The van der Waals surface area contributed by atoms with Gasteiger partial charge in [0.25, 0.3) is 0 Å². The van der Waals surface area contributed by atoms with E-state index in [4.69, 9.17) is 0 Å². The molecule has 0 radical (unpaired) electrons. The van der Waals surface area contributed by atoms with Crippen LogP contribution in [0.5, 0.6) is 0 Å². The quantitative estimate of drug-likeness (QED) is 0.786. The number of hydrogen-bond donors (Lipinski definition) is 0. The van der Waals surface area contributed by atoms with E-state index in [9.17, 15) is 9.18 Å². The summed E-state index contributed by atoms with van der Waals surface area (Å²) in [4.78, 5) is 18.6. The van der Waals surface area contributed by atoms with Crippen molar-refractivity contribution >= 4 is 23.3 Å². The fourth-order valence-corrected chi connectivity index (χ4v) is 2.85. The summed E-state index contributed by atoms with van der Waals surface area (Å²) in [5, 5.41) is 2.91. The first-order chi connectivity index (χ1) is 10.6. The average molecular weight is 316 g/mol. The van der Waals surface area contributed by atoms with Gasteiger partial charge in [0.2, 0.25) is 5.91 Å². The van der Waals surface area contributed by atoms with Crippen molar-refractivity contribution in [2.45, 2.75) is 32.4 Å². The summed E-state index contributed by atoms with van der Waals surface area (Å²) in [5.41, 5.74) is 1.76. The van der Waals surface area contributed by atoms with Crippen molar-refractivity contribution in [2.24, 2.45) is 0 Å². The lowest BCUT2D eigenvalue weighted by Gasteiger charge is -2.21. The van der Waals surface area contributed by atoms with Crippen molar-refractivity contribution in [1.29, 1.82) is 0 Å². The van der Waals surface area contributed by atoms with Gasteiger partial charge in [0, 0.05) is 24.0 Å². The van der Waals surface area contributed by atoms with Crippen LogP contribution < -0.4 is 0 Å². The molecule has 1 amide bonds. The van der Waals surface area contributed by atoms with Gasteiger partial charge in [-0.25, -0.2) is 9.37 Å². The van der Waals surface area contributed by atoms with Crippen LogP contribution in [0.2, 0.25) is 0 Å². The minimum Gasteiger partial charge on any atom is -0.332 e. The summed E-state index contributed by atoms with van der Waals surface area (Å²) in [6.07, 6.45) is 5.41. The standard InChI is InChI=1S/C17H17FN2OS/c1-12-19-15(11-22-12)6-9-17(21)20(16-7-8-16)10-13-2-4-14(18)5-3-13/h2-6,9,11,16H,7-8,10H2,1H3/b9-6+. The third-order valence-electron chi connectivity index (χ3n) is 3.57. The maximum absolute atomic E-state index is 13.0. The molecule has 0 aliphatic heterocycles. The Labute approximate surface area is 133 Å². The van der Waals surface area contributed by atoms with E-state index in [0.717, 1.165) is 29.1 Å². The van der Waals surface area contributed by atoms with Crippen molar-refractivity contribution in [3.63, 3.8) is 0 Å². The molecule has 2 aromatic rings. The zero-order chi connectivity index (χ0) is 15.5. The molecule has 1 aromatic heterocycles. The Bertz CT molecular complexity index is 689. The van der Waals surface area contributed by atoms with Crippen LogP contribution in [0.25, 0.3) is 6.08 Å². The predicted octanol–water partition coefficient (Wildman–Crippen LogP) is 3.80. The van der Waals surface area contributed by atoms with Gasteiger partial charge in [0.05, 0.1) is 10.7 Å². The van der Waals surface area contributed by atoms with Gasteiger partial charge in [-0.2, -0.15) is 0 Å². The molecule has 1 fully saturated rings. The molecule has 0 spiro atoms. The number of thiazole rings is 1. The van der Waals surface area contributed by atoms with Gasteiger partial charge in [0.1, 0.15) is 5.82 Å². The molecule has 1 heterocycles. The van der Waals surface area contributed by atoms with Gasteiger partial charge in [0.15, 0.2) is 0 Å². The number of halogens is 1. The van der Waals surface area contributed by atoms with Crippen molar-refractivity contribution in [1.82, 2.24) is 9.88 Å². The summed E-state index contributed by atoms with van der Waals surface area (Å²) in [5.74, 6) is -0.274. The Kier molecular flexibility index (Phi) is 4.34. The Morgan fingerprint density at radius 1 is 1.41 bits per heavy atom. The maximum Gasteiger partial charge on any atom is 0.247 e. The van der Waals surface area contributed by atoms with E-state index in [1.165, 1.54) is 12.1 Å². The van der Waals surface area contributed by atoms with Crippen LogP contribution in [-0.4, -0.2) is 21.8 Å². The van der Waals surface area contributed by atoms with Gasteiger partial charge < -0.3 is 4.90 Å². The maximum atomic E-state index is 13.0. The number of hydrogen-bond acceptors (Lipinski definition) is 3.